The highest BCUT2D eigenvalue weighted by molar-refractivity contribution is 5.86. The number of esters is 1. The standard InChI is InChI=1S/C26H32N2O6.ClH/c1-3-34-26(33)23(13-10-18-8-11-22(29)12-9-18)27-17(2)25(32)28(16-24(30)31)21-14-19-6-4-5-7-20(19)15-21;/h4-9,11-12,17,21,23,27,29H,3,10,13-16H2,1-2H3,(H,30,31);1H/t17-,23?;/m0./s1. The van der Waals surface area contributed by atoms with Gasteiger partial charge in [-0.2, -0.15) is 0 Å². The number of aryl methyl sites for hydroxylation is 1. The van der Waals surface area contributed by atoms with Crippen LogP contribution in [0.4, 0.5) is 0 Å². The van der Waals surface area contributed by atoms with Crippen molar-refractivity contribution in [3.05, 3.63) is 65.2 Å². The number of carbonyl (C=O) groups excluding carboxylic acids is 2. The normalized spacial score (nSPS) is 14.3. The number of carboxylic acid groups (broad SMARTS) is 1. The molecule has 2 atom stereocenters. The molecule has 0 aromatic heterocycles. The summed E-state index contributed by atoms with van der Waals surface area (Å²) in [6.45, 7) is 3.17. The number of carboxylic acids is 1. The minimum absolute atomic E-state index is 0. The van der Waals surface area contributed by atoms with Crippen LogP contribution in [0.15, 0.2) is 48.5 Å². The van der Waals surface area contributed by atoms with Crippen LogP contribution in [0.5, 0.6) is 5.75 Å². The van der Waals surface area contributed by atoms with Crippen LogP contribution in [0, 0.1) is 0 Å². The molecule has 2 aromatic rings. The molecule has 2 aromatic carbocycles. The molecule has 3 rings (SSSR count). The zero-order valence-corrected chi connectivity index (χ0v) is 20.8. The van der Waals surface area contributed by atoms with Crippen LogP contribution in [0.1, 0.15) is 37.0 Å². The number of rotatable bonds is 11. The minimum atomic E-state index is -1.08. The summed E-state index contributed by atoms with van der Waals surface area (Å²) in [4.78, 5) is 38.9. The fourth-order valence-corrected chi connectivity index (χ4v) is 4.40. The number of aromatic hydroxyl groups is 1. The number of aliphatic carboxylic acids is 1. The van der Waals surface area contributed by atoms with Crippen molar-refractivity contribution in [2.45, 2.75) is 57.7 Å². The predicted molar refractivity (Wildman–Crippen MR) is 134 cm³/mol. The molecular formula is C26H33ClN2O6. The van der Waals surface area contributed by atoms with Gasteiger partial charge >= 0.3 is 11.9 Å². The summed E-state index contributed by atoms with van der Waals surface area (Å²) >= 11 is 0. The summed E-state index contributed by atoms with van der Waals surface area (Å²) in [6.07, 6.45) is 2.12. The number of phenolic OH excluding ortho intramolecular Hbond substituents is 1. The second-order valence-electron chi connectivity index (χ2n) is 8.59. The highest BCUT2D eigenvalue weighted by Crippen LogP contribution is 2.26. The topological polar surface area (TPSA) is 116 Å². The Morgan fingerprint density at radius 2 is 1.69 bits per heavy atom. The highest BCUT2D eigenvalue weighted by atomic mass is 35.5. The molecule has 35 heavy (non-hydrogen) atoms. The first-order valence-corrected chi connectivity index (χ1v) is 11.6. The van der Waals surface area contributed by atoms with Gasteiger partial charge in [-0.05, 0) is 68.4 Å². The van der Waals surface area contributed by atoms with Crippen molar-refractivity contribution in [3.8, 4) is 5.75 Å². The number of ether oxygens (including phenoxy) is 1. The predicted octanol–water partition coefficient (Wildman–Crippen LogP) is 2.74. The van der Waals surface area contributed by atoms with Gasteiger partial charge in [0.15, 0.2) is 0 Å². The van der Waals surface area contributed by atoms with Crippen LogP contribution in [-0.2, 0) is 38.4 Å². The molecule has 0 aliphatic heterocycles. The number of hydrogen-bond donors (Lipinski definition) is 3. The molecule has 0 saturated heterocycles. The van der Waals surface area contributed by atoms with E-state index in [1.165, 1.54) is 4.90 Å². The Hall–Kier alpha value is -3.10. The maximum Gasteiger partial charge on any atom is 0.323 e. The minimum Gasteiger partial charge on any atom is -0.508 e. The Morgan fingerprint density at radius 1 is 1.09 bits per heavy atom. The number of nitrogens with zero attached hydrogens (tertiary/aromatic N) is 1. The number of phenols is 1. The van der Waals surface area contributed by atoms with Crippen molar-refractivity contribution in [1.29, 1.82) is 0 Å². The van der Waals surface area contributed by atoms with Crippen LogP contribution < -0.4 is 5.32 Å². The van der Waals surface area contributed by atoms with Crippen molar-refractivity contribution < 1.29 is 29.3 Å². The Balaban J connectivity index is 0.00000432. The second-order valence-corrected chi connectivity index (χ2v) is 8.59. The number of carbonyl (C=O) groups is 3. The van der Waals surface area contributed by atoms with Gasteiger partial charge in [-0.25, -0.2) is 0 Å². The molecule has 1 aliphatic carbocycles. The smallest absolute Gasteiger partial charge is 0.323 e. The van der Waals surface area contributed by atoms with E-state index in [4.69, 9.17) is 4.74 Å². The van der Waals surface area contributed by atoms with E-state index < -0.39 is 30.6 Å². The molecule has 9 heteroatoms. The number of amides is 1. The summed E-state index contributed by atoms with van der Waals surface area (Å²) < 4.78 is 5.20. The first-order valence-electron chi connectivity index (χ1n) is 11.6. The molecule has 190 valence electrons. The SMILES string of the molecule is CCOC(=O)C(CCc1ccc(O)cc1)N[C@@H](C)C(=O)N(CC(=O)O)C1Cc2ccccc2C1.Cl. The third-order valence-corrected chi connectivity index (χ3v) is 6.11. The molecular weight excluding hydrogens is 472 g/mol. The molecule has 0 bridgehead atoms. The second kappa shape index (κ2) is 13.1. The Kier molecular flexibility index (Phi) is 10.5. The van der Waals surface area contributed by atoms with Crippen LogP contribution in [-0.4, -0.2) is 64.2 Å². The highest BCUT2D eigenvalue weighted by Gasteiger charge is 2.34. The van der Waals surface area contributed by atoms with E-state index in [0.717, 1.165) is 16.7 Å². The van der Waals surface area contributed by atoms with E-state index in [1.54, 1.807) is 38.1 Å². The van der Waals surface area contributed by atoms with Crippen LogP contribution >= 0.6 is 12.4 Å². The zero-order valence-electron chi connectivity index (χ0n) is 20.0. The molecule has 0 radical (unpaired) electrons. The van der Waals surface area contributed by atoms with E-state index in [-0.39, 0.29) is 36.7 Å². The van der Waals surface area contributed by atoms with Gasteiger partial charge in [0.25, 0.3) is 0 Å². The summed E-state index contributed by atoms with van der Waals surface area (Å²) in [5.41, 5.74) is 3.17. The lowest BCUT2D eigenvalue weighted by atomic mass is 10.0. The van der Waals surface area contributed by atoms with E-state index in [1.807, 2.05) is 24.3 Å². The van der Waals surface area contributed by atoms with Gasteiger partial charge in [0.05, 0.1) is 12.6 Å². The number of hydrogen-bond acceptors (Lipinski definition) is 6. The van der Waals surface area contributed by atoms with Gasteiger partial charge in [0.1, 0.15) is 18.3 Å². The quantitative estimate of drug-likeness (QED) is 0.403. The number of fused-ring (bicyclic) bond motifs is 1. The third kappa shape index (κ3) is 7.70. The lowest BCUT2D eigenvalue weighted by Crippen LogP contribution is -2.54. The summed E-state index contributed by atoms with van der Waals surface area (Å²) in [5.74, 6) is -1.74. The van der Waals surface area contributed by atoms with E-state index >= 15 is 0 Å². The van der Waals surface area contributed by atoms with Crippen LogP contribution in [0.3, 0.4) is 0 Å². The fourth-order valence-electron chi connectivity index (χ4n) is 4.40. The van der Waals surface area contributed by atoms with Crippen LogP contribution in [0.25, 0.3) is 0 Å². The fraction of sp³-hybridized carbons (Fsp3) is 0.423. The van der Waals surface area contributed by atoms with Gasteiger partial charge in [-0.15, -0.1) is 12.4 Å². The summed E-state index contributed by atoms with van der Waals surface area (Å²) in [6, 6.07) is 12.8. The monoisotopic (exact) mass is 504 g/mol. The first kappa shape index (κ1) is 28.1. The molecule has 0 heterocycles. The van der Waals surface area contributed by atoms with E-state index in [0.29, 0.717) is 25.7 Å². The van der Waals surface area contributed by atoms with E-state index in [9.17, 15) is 24.6 Å². The molecule has 0 spiro atoms. The molecule has 8 nitrogen and oxygen atoms in total. The Bertz CT molecular complexity index is 988. The molecule has 1 unspecified atom stereocenters. The van der Waals surface area contributed by atoms with E-state index in [2.05, 4.69) is 5.32 Å². The van der Waals surface area contributed by atoms with Gasteiger partial charge in [-0.3, -0.25) is 19.7 Å². The molecule has 1 aliphatic rings. The van der Waals surface area contributed by atoms with Gasteiger partial charge in [0.2, 0.25) is 5.91 Å². The van der Waals surface area contributed by atoms with Crippen molar-refractivity contribution in [3.63, 3.8) is 0 Å². The average Bonchev–Trinajstić information content (AvgIpc) is 3.24. The molecule has 3 N–H and O–H groups in total. The van der Waals surface area contributed by atoms with Crippen molar-refractivity contribution in [2.75, 3.05) is 13.2 Å². The Morgan fingerprint density at radius 3 is 2.23 bits per heavy atom. The van der Waals surface area contributed by atoms with Gasteiger partial charge in [0, 0.05) is 6.04 Å². The van der Waals surface area contributed by atoms with Crippen molar-refractivity contribution in [1.82, 2.24) is 10.2 Å². The number of halogens is 1. The lowest BCUT2D eigenvalue weighted by Gasteiger charge is -2.31. The average molecular weight is 505 g/mol. The van der Waals surface area contributed by atoms with Crippen LogP contribution in [0.2, 0.25) is 0 Å². The lowest BCUT2D eigenvalue weighted by molar-refractivity contribution is -0.149. The molecule has 0 saturated carbocycles. The van der Waals surface area contributed by atoms with Crippen molar-refractivity contribution in [2.24, 2.45) is 0 Å². The third-order valence-electron chi connectivity index (χ3n) is 6.11. The summed E-state index contributed by atoms with van der Waals surface area (Å²) in [5, 5.41) is 22.0. The maximum absolute atomic E-state index is 13.4. The van der Waals surface area contributed by atoms with Gasteiger partial charge < -0.3 is 19.8 Å². The molecule has 1 amide bonds. The number of benzene rings is 2. The van der Waals surface area contributed by atoms with Gasteiger partial charge in [-0.1, -0.05) is 36.4 Å². The Labute approximate surface area is 211 Å². The summed E-state index contributed by atoms with van der Waals surface area (Å²) in [7, 11) is 0. The molecule has 0 fully saturated rings. The number of nitrogens with one attached hydrogen (secondary N) is 1. The largest absolute Gasteiger partial charge is 0.508 e. The van der Waals surface area contributed by atoms with Crippen molar-refractivity contribution >= 4 is 30.3 Å². The first-order chi connectivity index (χ1) is 16.3. The maximum atomic E-state index is 13.4. The zero-order chi connectivity index (χ0) is 24.7.